The summed E-state index contributed by atoms with van der Waals surface area (Å²) < 4.78 is 13.2. The lowest BCUT2D eigenvalue weighted by Gasteiger charge is -2.01. The van der Waals surface area contributed by atoms with Crippen molar-refractivity contribution in [2.45, 2.75) is 0 Å². The quantitative estimate of drug-likeness (QED) is 0.570. The highest BCUT2D eigenvalue weighted by atomic mass is 19.1. The van der Waals surface area contributed by atoms with Crippen LogP contribution in [0.4, 0.5) is 4.39 Å². The molecule has 0 aliphatic rings. The van der Waals surface area contributed by atoms with Crippen LogP contribution in [0.3, 0.4) is 0 Å². The molecule has 0 spiro atoms. The molecule has 2 aromatic rings. The number of pyridine rings is 1. The van der Waals surface area contributed by atoms with Crippen molar-refractivity contribution in [3.8, 4) is 6.07 Å². The van der Waals surface area contributed by atoms with Crippen molar-refractivity contribution >= 4 is 24.3 Å². The molecule has 2 nitrogen and oxygen atoms in total. The average Bonchev–Trinajstić information content (AvgIpc) is 2.18. The molecule has 64 valence electrons. The van der Waals surface area contributed by atoms with E-state index in [1.54, 1.807) is 0 Å². The minimum Gasteiger partial charge on any atom is -0.263 e. The van der Waals surface area contributed by atoms with Gasteiger partial charge in [0.1, 0.15) is 19.7 Å². The first-order valence-corrected chi connectivity index (χ1v) is 3.97. The number of benzene rings is 1. The zero-order valence-electron chi connectivity index (χ0n) is 7.16. The van der Waals surface area contributed by atoms with Crippen LogP contribution >= 0.6 is 0 Å². The number of hydrogen-bond acceptors (Lipinski definition) is 2. The van der Waals surface area contributed by atoms with Gasteiger partial charge in [-0.05, 0) is 23.8 Å². The number of halogens is 1. The van der Waals surface area contributed by atoms with E-state index in [1.165, 1.54) is 24.3 Å². The number of fused-ring (bicyclic) bond motifs is 1. The van der Waals surface area contributed by atoms with Crippen LogP contribution in [0, 0.1) is 17.1 Å². The maximum Gasteiger partial charge on any atom is 0.141 e. The van der Waals surface area contributed by atoms with Gasteiger partial charge in [0.15, 0.2) is 0 Å². The lowest BCUT2D eigenvalue weighted by Crippen LogP contribution is -2.07. The second kappa shape index (κ2) is 3.11. The molecule has 0 saturated carbocycles. The van der Waals surface area contributed by atoms with Crippen LogP contribution < -0.4 is 5.59 Å². The SMILES string of the molecule is [B]c1ccc2c(F)ccc(C#N)c2n1. The summed E-state index contributed by atoms with van der Waals surface area (Å²) in [5.74, 6) is -0.397. The molecule has 0 N–H and O–H groups in total. The second-order valence-corrected chi connectivity index (χ2v) is 2.84. The largest absolute Gasteiger partial charge is 0.263 e. The maximum atomic E-state index is 13.2. The van der Waals surface area contributed by atoms with E-state index in [1.807, 2.05) is 6.07 Å². The molecule has 1 aromatic heterocycles. The first kappa shape index (κ1) is 8.70. The Balaban J connectivity index is 2.94. The third-order valence-electron chi connectivity index (χ3n) is 1.95. The molecule has 0 fully saturated rings. The highest BCUT2D eigenvalue weighted by Crippen LogP contribution is 2.17. The van der Waals surface area contributed by atoms with Gasteiger partial charge in [-0.1, -0.05) is 6.07 Å². The van der Waals surface area contributed by atoms with E-state index in [0.29, 0.717) is 16.5 Å². The van der Waals surface area contributed by atoms with Crippen LogP contribution in [0.25, 0.3) is 10.9 Å². The summed E-state index contributed by atoms with van der Waals surface area (Å²) in [5.41, 5.74) is 0.917. The third kappa shape index (κ3) is 1.23. The van der Waals surface area contributed by atoms with Crippen molar-refractivity contribution in [2.75, 3.05) is 0 Å². The fraction of sp³-hybridized carbons (Fsp3) is 0. The van der Waals surface area contributed by atoms with E-state index in [-0.39, 0.29) is 5.59 Å². The molecule has 14 heavy (non-hydrogen) atoms. The van der Waals surface area contributed by atoms with Gasteiger partial charge in [0.2, 0.25) is 0 Å². The van der Waals surface area contributed by atoms with Gasteiger partial charge in [0.05, 0.1) is 11.1 Å². The second-order valence-electron chi connectivity index (χ2n) is 2.84. The maximum absolute atomic E-state index is 13.2. The molecule has 1 heterocycles. The van der Waals surface area contributed by atoms with Crippen molar-refractivity contribution in [1.82, 2.24) is 4.98 Å². The summed E-state index contributed by atoms with van der Waals surface area (Å²) in [7, 11) is 5.45. The van der Waals surface area contributed by atoms with Crippen LogP contribution in [0.2, 0.25) is 0 Å². The summed E-state index contributed by atoms with van der Waals surface area (Å²) >= 11 is 0. The Kier molecular flexibility index (Phi) is 1.93. The van der Waals surface area contributed by atoms with Gasteiger partial charge in [-0.25, -0.2) is 4.39 Å². The van der Waals surface area contributed by atoms with Gasteiger partial charge < -0.3 is 0 Å². The molecule has 0 saturated heterocycles. The zero-order valence-corrected chi connectivity index (χ0v) is 7.16. The summed E-state index contributed by atoms with van der Waals surface area (Å²) in [6.07, 6.45) is 0. The van der Waals surface area contributed by atoms with Crippen molar-refractivity contribution in [2.24, 2.45) is 0 Å². The Morgan fingerprint density at radius 2 is 2.07 bits per heavy atom. The van der Waals surface area contributed by atoms with Crippen molar-refractivity contribution in [1.29, 1.82) is 5.26 Å². The Labute approximate surface area is 81.4 Å². The first-order valence-electron chi connectivity index (χ1n) is 3.97. The highest BCUT2D eigenvalue weighted by molar-refractivity contribution is 6.31. The van der Waals surface area contributed by atoms with Gasteiger partial charge in [-0.3, -0.25) is 4.98 Å². The van der Waals surface area contributed by atoms with Crippen LogP contribution in [0.5, 0.6) is 0 Å². The van der Waals surface area contributed by atoms with Crippen molar-refractivity contribution in [3.63, 3.8) is 0 Å². The third-order valence-corrected chi connectivity index (χ3v) is 1.95. The number of aromatic nitrogens is 1. The lowest BCUT2D eigenvalue weighted by molar-refractivity contribution is 0.639. The van der Waals surface area contributed by atoms with Crippen LogP contribution in [0.15, 0.2) is 24.3 Å². The van der Waals surface area contributed by atoms with Crippen LogP contribution in [-0.2, 0) is 0 Å². The molecule has 0 bridgehead atoms. The Bertz CT molecular complexity index is 546. The van der Waals surface area contributed by atoms with Crippen molar-refractivity contribution in [3.05, 3.63) is 35.6 Å². The molecule has 4 heteroatoms. The van der Waals surface area contributed by atoms with Crippen LogP contribution in [0.1, 0.15) is 5.56 Å². The van der Waals surface area contributed by atoms with Gasteiger partial charge in [-0.2, -0.15) is 5.26 Å². The Morgan fingerprint density at radius 3 is 2.79 bits per heavy atom. The smallest absolute Gasteiger partial charge is 0.141 e. The molecule has 0 aliphatic carbocycles. The molecule has 0 aliphatic heterocycles. The number of hydrogen-bond donors (Lipinski definition) is 0. The van der Waals surface area contributed by atoms with E-state index < -0.39 is 5.82 Å². The number of nitriles is 1. The Morgan fingerprint density at radius 1 is 1.29 bits per heavy atom. The Hall–Kier alpha value is -1.89. The van der Waals surface area contributed by atoms with Gasteiger partial charge in [0.25, 0.3) is 0 Å². The summed E-state index contributed by atoms with van der Waals surface area (Å²) in [6.45, 7) is 0. The van der Waals surface area contributed by atoms with Crippen molar-refractivity contribution < 1.29 is 4.39 Å². The molecule has 0 unspecified atom stereocenters. The van der Waals surface area contributed by atoms with Gasteiger partial charge in [0, 0.05) is 5.39 Å². The number of rotatable bonds is 0. The molecular weight excluding hydrogens is 178 g/mol. The van der Waals surface area contributed by atoms with Gasteiger partial charge in [-0.15, -0.1) is 0 Å². The van der Waals surface area contributed by atoms with E-state index in [4.69, 9.17) is 13.1 Å². The molecule has 1 aromatic carbocycles. The lowest BCUT2D eigenvalue weighted by atomic mass is 10.0. The predicted molar refractivity (Wildman–Crippen MR) is 51.8 cm³/mol. The molecular formula is C10H4BFN2. The molecule has 2 radical (unpaired) electrons. The van der Waals surface area contributed by atoms with Gasteiger partial charge >= 0.3 is 0 Å². The topological polar surface area (TPSA) is 36.7 Å². The van der Waals surface area contributed by atoms with E-state index in [9.17, 15) is 4.39 Å². The number of nitrogens with zero attached hydrogens (tertiary/aromatic N) is 2. The van der Waals surface area contributed by atoms with E-state index >= 15 is 0 Å². The summed E-state index contributed by atoms with van der Waals surface area (Å²) in [6, 6.07) is 7.61. The summed E-state index contributed by atoms with van der Waals surface area (Å²) in [4.78, 5) is 3.92. The van der Waals surface area contributed by atoms with E-state index in [0.717, 1.165) is 0 Å². The summed E-state index contributed by atoms with van der Waals surface area (Å²) in [5, 5.41) is 9.08. The molecule has 2 rings (SSSR count). The van der Waals surface area contributed by atoms with E-state index in [2.05, 4.69) is 4.98 Å². The predicted octanol–water partition coefficient (Wildman–Crippen LogP) is 1.04. The average molecular weight is 182 g/mol. The molecule has 0 atom stereocenters. The first-order chi connectivity index (χ1) is 6.72. The highest BCUT2D eigenvalue weighted by Gasteiger charge is 2.06. The fourth-order valence-electron chi connectivity index (χ4n) is 1.29. The minimum absolute atomic E-state index is 0.277. The monoisotopic (exact) mass is 182 g/mol. The zero-order chi connectivity index (χ0) is 10.1. The standard InChI is InChI=1S/C10H4BFN2/c11-9-4-2-7-8(12)3-1-6(5-13)10(7)14-9/h1-4H. The fourth-order valence-corrected chi connectivity index (χ4v) is 1.29. The normalized spacial score (nSPS) is 10.0. The molecule has 0 amide bonds. The minimum atomic E-state index is -0.397. The van der Waals surface area contributed by atoms with Crippen LogP contribution in [-0.4, -0.2) is 12.8 Å².